The summed E-state index contributed by atoms with van der Waals surface area (Å²) in [6, 6.07) is 9.95. The number of hydrogen-bond donors (Lipinski definition) is 1. The number of hydrogen-bond acceptors (Lipinski definition) is 7. The second kappa shape index (κ2) is 6.91. The minimum absolute atomic E-state index is 0.0192. The Bertz CT molecular complexity index is 1180. The number of benzene rings is 1. The molecule has 3 aromatic heterocycles. The fraction of sp³-hybridized carbons (Fsp3) is 0.211. The van der Waals surface area contributed by atoms with Gasteiger partial charge in [0.05, 0.1) is 34.0 Å². The van der Waals surface area contributed by atoms with E-state index in [0.29, 0.717) is 5.75 Å². The molecule has 0 saturated heterocycles. The molecule has 4 aromatic rings. The summed E-state index contributed by atoms with van der Waals surface area (Å²) in [7, 11) is 1.65. The highest BCUT2D eigenvalue weighted by Crippen LogP contribution is 2.45. The van der Waals surface area contributed by atoms with Crippen molar-refractivity contribution in [2.45, 2.75) is 12.2 Å². The van der Waals surface area contributed by atoms with Gasteiger partial charge in [-0.1, -0.05) is 17.4 Å². The van der Waals surface area contributed by atoms with Gasteiger partial charge in [-0.2, -0.15) is 9.78 Å². The molecule has 4 heterocycles. The largest absolute Gasteiger partial charge is 0.497 e. The van der Waals surface area contributed by atoms with Crippen LogP contribution >= 0.6 is 34.4 Å². The molecule has 0 saturated carbocycles. The molecule has 0 unspecified atom stereocenters. The first-order valence-corrected chi connectivity index (χ1v) is 11.4. The predicted molar refractivity (Wildman–Crippen MR) is 115 cm³/mol. The molecular formula is C19H16N4O2S3. The molecular weight excluding hydrogens is 412 g/mol. The number of thiophene rings is 1. The Morgan fingerprint density at radius 2 is 2.21 bits per heavy atom. The molecule has 1 atom stereocenters. The molecule has 1 N–H and O–H groups in total. The van der Waals surface area contributed by atoms with Crippen molar-refractivity contribution in [2.24, 2.45) is 0 Å². The summed E-state index contributed by atoms with van der Waals surface area (Å²) in [4.78, 5) is 18.4. The topological polar surface area (TPSA) is 69.0 Å². The minimum atomic E-state index is -0.0192. The van der Waals surface area contributed by atoms with Gasteiger partial charge in [0.2, 0.25) is 11.0 Å². The maximum atomic E-state index is 12.4. The smallest absolute Gasteiger partial charge is 0.235 e. The fourth-order valence-corrected chi connectivity index (χ4v) is 6.42. The first-order chi connectivity index (χ1) is 13.6. The molecule has 6 nitrogen and oxygen atoms in total. The lowest BCUT2D eigenvalue weighted by molar-refractivity contribution is -0.113. The number of thiazole rings is 1. The quantitative estimate of drug-likeness (QED) is 0.515. The second-order valence-corrected chi connectivity index (χ2v) is 9.43. The van der Waals surface area contributed by atoms with Crippen LogP contribution in [0.2, 0.25) is 0 Å². The van der Waals surface area contributed by atoms with Gasteiger partial charge in [0.1, 0.15) is 11.6 Å². The van der Waals surface area contributed by atoms with Gasteiger partial charge in [-0.15, -0.1) is 23.1 Å². The van der Waals surface area contributed by atoms with Crippen molar-refractivity contribution in [1.82, 2.24) is 14.8 Å². The Labute approximate surface area is 173 Å². The zero-order valence-electron chi connectivity index (χ0n) is 15.1. The van der Waals surface area contributed by atoms with Crippen LogP contribution in [0.3, 0.4) is 0 Å². The molecule has 1 aliphatic rings. The number of thioether (sulfide) groups is 1. The maximum Gasteiger partial charge on any atom is 0.235 e. The van der Waals surface area contributed by atoms with Crippen LogP contribution in [0.25, 0.3) is 15.3 Å². The van der Waals surface area contributed by atoms with Crippen LogP contribution in [0.15, 0.2) is 35.7 Å². The van der Waals surface area contributed by atoms with Crippen LogP contribution in [0.4, 0.5) is 5.82 Å². The number of nitrogens with one attached hydrogen (secondary N) is 1. The van der Waals surface area contributed by atoms with Gasteiger partial charge < -0.3 is 10.1 Å². The summed E-state index contributed by atoms with van der Waals surface area (Å²) in [5.74, 6) is 1.90. The molecule has 0 aliphatic carbocycles. The molecule has 0 radical (unpaired) electrons. The minimum Gasteiger partial charge on any atom is -0.497 e. The van der Waals surface area contributed by atoms with Crippen molar-refractivity contribution in [2.75, 3.05) is 18.2 Å². The van der Waals surface area contributed by atoms with Crippen LogP contribution in [-0.2, 0) is 4.79 Å². The molecule has 142 valence electrons. The zero-order valence-corrected chi connectivity index (χ0v) is 17.6. The van der Waals surface area contributed by atoms with Gasteiger partial charge in [-0.05, 0) is 36.6 Å². The number of aryl methyl sites for hydroxylation is 1. The molecule has 1 amide bonds. The predicted octanol–water partition coefficient (Wildman–Crippen LogP) is 4.64. The first-order valence-electron chi connectivity index (χ1n) is 8.63. The van der Waals surface area contributed by atoms with Crippen molar-refractivity contribution in [1.29, 1.82) is 0 Å². The van der Waals surface area contributed by atoms with E-state index in [4.69, 9.17) is 14.8 Å². The number of aromatic nitrogens is 3. The van der Waals surface area contributed by atoms with Gasteiger partial charge in [0, 0.05) is 10.4 Å². The summed E-state index contributed by atoms with van der Waals surface area (Å²) in [5, 5.41) is 10.7. The summed E-state index contributed by atoms with van der Waals surface area (Å²) in [6.45, 7) is 1.99. The Hall–Kier alpha value is -2.36. The number of nitrogens with zero attached hydrogens (tertiary/aromatic N) is 3. The lowest BCUT2D eigenvalue weighted by atomic mass is 10.1. The lowest BCUT2D eigenvalue weighted by Gasteiger charge is -2.12. The molecule has 1 aliphatic heterocycles. The normalized spacial score (nSPS) is 16.6. The van der Waals surface area contributed by atoms with E-state index in [-0.39, 0.29) is 11.2 Å². The Morgan fingerprint density at radius 1 is 1.32 bits per heavy atom. The summed E-state index contributed by atoms with van der Waals surface area (Å²) in [5.41, 5.74) is 2.84. The number of fused-ring (bicyclic) bond motifs is 2. The number of ether oxygens (including phenoxy) is 1. The number of amides is 1. The molecule has 0 bridgehead atoms. The Kier molecular flexibility index (Phi) is 4.37. The number of methoxy groups -OCH3 is 1. The van der Waals surface area contributed by atoms with Gasteiger partial charge in [-0.25, -0.2) is 4.98 Å². The van der Waals surface area contributed by atoms with Crippen molar-refractivity contribution in [3.63, 3.8) is 0 Å². The Balaban J connectivity index is 1.68. The second-order valence-electron chi connectivity index (χ2n) is 6.34. The van der Waals surface area contributed by atoms with Crippen LogP contribution in [-0.4, -0.2) is 33.5 Å². The first kappa shape index (κ1) is 17.7. The van der Waals surface area contributed by atoms with Crippen molar-refractivity contribution in [3.8, 4) is 10.9 Å². The van der Waals surface area contributed by atoms with Gasteiger partial charge in [0.15, 0.2) is 0 Å². The van der Waals surface area contributed by atoms with Gasteiger partial charge in [0.25, 0.3) is 0 Å². The van der Waals surface area contributed by atoms with Crippen LogP contribution in [0.1, 0.15) is 21.4 Å². The average molecular weight is 429 g/mol. The van der Waals surface area contributed by atoms with E-state index < -0.39 is 0 Å². The molecule has 28 heavy (non-hydrogen) atoms. The molecule has 5 rings (SSSR count). The summed E-state index contributed by atoms with van der Waals surface area (Å²) >= 11 is 4.86. The van der Waals surface area contributed by atoms with Crippen LogP contribution in [0.5, 0.6) is 5.75 Å². The van der Waals surface area contributed by atoms with E-state index in [1.807, 2.05) is 31.2 Å². The maximum absolute atomic E-state index is 12.4. The van der Waals surface area contributed by atoms with E-state index >= 15 is 0 Å². The van der Waals surface area contributed by atoms with E-state index in [0.717, 1.165) is 38.2 Å². The highest BCUT2D eigenvalue weighted by molar-refractivity contribution is 8.00. The molecule has 1 aromatic carbocycles. The van der Waals surface area contributed by atoms with Crippen molar-refractivity contribution in [3.05, 3.63) is 51.8 Å². The molecule has 9 heteroatoms. The summed E-state index contributed by atoms with van der Waals surface area (Å²) in [6.07, 6.45) is 0. The molecule has 0 spiro atoms. The van der Waals surface area contributed by atoms with E-state index in [1.165, 1.54) is 16.2 Å². The summed E-state index contributed by atoms with van der Waals surface area (Å²) < 4.78 is 8.10. The van der Waals surface area contributed by atoms with Crippen LogP contribution < -0.4 is 10.1 Å². The van der Waals surface area contributed by atoms with Crippen molar-refractivity contribution >= 4 is 56.4 Å². The average Bonchev–Trinajstić information content (AvgIpc) is 3.40. The highest BCUT2D eigenvalue weighted by Gasteiger charge is 2.31. The van der Waals surface area contributed by atoms with Gasteiger partial charge >= 0.3 is 0 Å². The van der Waals surface area contributed by atoms with Crippen LogP contribution in [0, 0.1) is 6.92 Å². The molecule has 0 fully saturated rings. The highest BCUT2D eigenvalue weighted by atomic mass is 32.2. The number of carbonyl (C=O) groups excluding carboxylic acids is 1. The van der Waals surface area contributed by atoms with E-state index in [1.54, 1.807) is 34.9 Å². The van der Waals surface area contributed by atoms with E-state index in [9.17, 15) is 4.79 Å². The number of anilines is 1. The Morgan fingerprint density at radius 3 is 3.00 bits per heavy atom. The third kappa shape index (κ3) is 2.90. The standard InChI is InChI=1S/C19H16N4O2S3/c1-10-16-17(13-4-3-7-26-13)27-9-15(24)21-18(16)23(22-10)19-20-12-6-5-11(25-2)8-14(12)28-19/h3-8,17H,9H2,1-2H3,(H,21,24)/t17-/m1/s1. The third-order valence-electron chi connectivity index (χ3n) is 4.57. The SMILES string of the molecule is COc1ccc2nc(-n3nc(C)c4c3NC(=O)CS[C@@H]4c3cccs3)sc2c1. The van der Waals surface area contributed by atoms with Gasteiger partial charge in [-0.3, -0.25) is 4.79 Å². The van der Waals surface area contributed by atoms with E-state index in [2.05, 4.69) is 16.8 Å². The monoisotopic (exact) mass is 428 g/mol. The number of carbonyl (C=O) groups is 1. The third-order valence-corrected chi connectivity index (χ3v) is 7.91. The number of rotatable bonds is 3. The van der Waals surface area contributed by atoms with Crippen molar-refractivity contribution < 1.29 is 9.53 Å². The zero-order chi connectivity index (χ0) is 19.3. The fourth-order valence-electron chi connectivity index (χ4n) is 3.30. The lowest BCUT2D eigenvalue weighted by Crippen LogP contribution is -2.15.